The first kappa shape index (κ1) is 17.0. The molecule has 2 aromatic carbocycles. The van der Waals surface area contributed by atoms with E-state index in [9.17, 15) is 9.59 Å². The zero-order chi connectivity index (χ0) is 17.8. The summed E-state index contributed by atoms with van der Waals surface area (Å²) in [6.07, 6.45) is 4.37. The van der Waals surface area contributed by atoms with Gasteiger partial charge in [0, 0.05) is 10.6 Å². The van der Waals surface area contributed by atoms with Crippen molar-refractivity contribution in [2.75, 3.05) is 0 Å². The fourth-order valence-corrected chi connectivity index (χ4v) is 2.77. The van der Waals surface area contributed by atoms with E-state index >= 15 is 0 Å². The van der Waals surface area contributed by atoms with Crippen LogP contribution in [0.25, 0.3) is 6.08 Å². The van der Waals surface area contributed by atoms with Gasteiger partial charge < -0.3 is 10.6 Å². The first-order valence-corrected chi connectivity index (χ1v) is 8.21. The maximum atomic E-state index is 12.0. The molecule has 0 radical (unpaired) electrons. The smallest absolute Gasteiger partial charge is 0.320 e. The van der Waals surface area contributed by atoms with Crippen LogP contribution in [0.5, 0.6) is 0 Å². The molecule has 0 bridgehead atoms. The Bertz CT molecular complexity index is 852. The lowest BCUT2D eigenvalue weighted by Crippen LogP contribution is -2.44. The molecule has 3 rings (SSSR count). The Morgan fingerprint density at radius 3 is 2.32 bits per heavy atom. The Balaban J connectivity index is 1.96. The number of amides is 2. The standard InChI is InChI=1S/C20H17ClN2O2/c1-13-2-4-14(5-3-13)6-11-18-17(12-24)19(23-20(25)22-18)15-7-9-16(21)10-8-15/h2-12,19H,1H3,(H2,22,23,25)/b11-6+. The lowest BCUT2D eigenvalue weighted by atomic mass is 9.96. The van der Waals surface area contributed by atoms with Crippen molar-refractivity contribution in [1.82, 2.24) is 10.6 Å². The summed E-state index contributed by atoms with van der Waals surface area (Å²) in [5, 5.41) is 6.07. The summed E-state index contributed by atoms with van der Waals surface area (Å²) in [7, 11) is 0. The lowest BCUT2D eigenvalue weighted by Gasteiger charge is -2.26. The molecule has 0 aliphatic carbocycles. The Morgan fingerprint density at radius 2 is 1.68 bits per heavy atom. The normalized spacial score (nSPS) is 17.4. The summed E-state index contributed by atoms with van der Waals surface area (Å²) < 4.78 is 0. The minimum absolute atomic E-state index is 0.353. The number of carbonyl (C=O) groups is 2. The Kier molecular flexibility index (Phi) is 5.00. The molecule has 0 saturated carbocycles. The summed E-state index contributed by atoms with van der Waals surface area (Å²) in [5.41, 5.74) is 3.90. The van der Waals surface area contributed by atoms with Crippen molar-refractivity contribution >= 4 is 30.0 Å². The third kappa shape index (κ3) is 3.98. The van der Waals surface area contributed by atoms with E-state index in [1.807, 2.05) is 37.3 Å². The second-order valence-electron chi connectivity index (χ2n) is 5.81. The highest BCUT2D eigenvalue weighted by Crippen LogP contribution is 2.27. The molecule has 4 nitrogen and oxygen atoms in total. The van der Waals surface area contributed by atoms with Gasteiger partial charge in [0.2, 0.25) is 0 Å². The van der Waals surface area contributed by atoms with Crippen LogP contribution in [0.1, 0.15) is 22.7 Å². The van der Waals surface area contributed by atoms with Crippen molar-refractivity contribution in [2.24, 2.45) is 0 Å². The topological polar surface area (TPSA) is 58.2 Å². The minimum Gasteiger partial charge on any atom is -0.327 e. The second kappa shape index (κ2) is 7.36. The quantitative estimate of drug-likeness (QED) is 0.811. The van der Waals surface area contributed by atoms with Crippen LogP contribution in [0.3, 0.4) is 0 Å². The molecule has 1 heterocycles. The van der Waals surface area contributed by atoms with E-state index in [-0.39, 0.29) is 6.03 Å². The number of allylic oxidation sites excluding steroid dienone is 1. The van der Waals surface area contributed by atoms with Crippen LogP contribution in [0.4, 0.5) is 4.79 Å². The predicted octanol–water partition coefficient (Wildman–Crippen LogP) is 4.17. The first-order valence-electron chi connectivity index (χ1n) is 7.84. The Morgan fingerprint density at radius 1 is 1.00 bits per heavy atom. The van der Waals surface area contributed by atoms with E-state index in [0.717, 1.165) is 17.4 Å². The second-order valence-corrected chi connectivity index (χ2v) is 6.25. The number of benzene rings is 2. The fourth-order valence-electron chi connectivity index (χ4n) is 2.64. The van der Waals surface area contributed by atoms with E-state index in [1.54, 1.807) is 30.3 Å². The molecule has 126 valence electrons. The molecule has 1 atom stereocenters. The average Bonchev–Trinajstić information content (AvgIpc) is 2.61. The highest BCUT2D eigenvalue weighted by molar-refractivity contribution is 6.30. The summed E-state index contributed by atoms with van der Waals surface area (Å²) in [6, 6.07) is 14.2. The Hall–Kier alpha value is -2.85. The number of hydrogen-bond donors (Lipinski definition) is 2. The SMILES string of the molecule is Cc1ccc(/C=C/C2=C(C=O)C(c3ccc(Cl)cc3)NC(=O)N2)cc1. The third-order valence-electron chi connectivity index (χ3n) is 4.00. The van der Waals surface area contributed by atoms with Gasteiger partial charge in [-0.3, -0.25) is 4.79 Å². The number of aryl methyl sites for hydroxylation is 1. The summed E-state index contributed by atoms with van der Waals surface area (Å²) >= 11 is 5.91. The van der Waals surface area contributed by atoms with Crippen LogP contribution >= 0.6 is 11.6 Å². The zero-order valence-electron chi connectivity index (χ0n) is 13.6. The van der Waals surface area contributed by atoms with E-state index in [2.05, 4.69) is 10.6 Å². The van der Waals surface area contributed by atoms with Gasteiger partial charge in [-0.05, 0) is 36.3 Å². The van der Waals surface area contributed by atoms with Crippen molar-refractivity contribution in [3.63, 3.8) is 0 Å². The molecule has 1 unspecified atom stereocenters. The average molecular weight is 353 g/mol. The fraction of sp³-hybridized carbons (Fsp3) is 0.100. The van der Waals surface area contributed by atoms with Crippen molar-refractivity contribution in [3.05, 3.63) is 87.6 Å². The predicted molar refractivity (Wildman–Crippen MR) is 99.2 cm³/mol. The van der Waals surface area contributed by atoms with E-state index in [1.165, 1.54) is 5.56 Å². The maximum absolute atomic E-state index is 12.0. The van der Waals surface area contributed by atoms with Gasteiger partial charge in [0.05, 0.1) is 11.7 Å². The van der Waals surface area contributed by atoms with Gasteiger partial charge >= 0.3 is 6.03 Å². The molecule has 25 heavy (non-hydrogen) atoms. The van der Waals surface area contributed by atoms with Crippen molar-refractivity contribution in [3.8, 4) is 0 Å². The summed E-state index contributed by atoms with van der Waals surface area (Å²) in [5.74, 6) is 0. The monoisotopic (exact) mass is 352 g/mol. The van der Waals surface area contributed by atoms with Gasteiger partial charge in [-0.25, -0.2) is 4.79 Å². The van der Waals surface area contributed by atoms with E-state index < -0.39 is 6.04 Å². The molecule has 1 aliphatic heterocycles. The van der Waals surface area contributed by atoms with Gasteiger partial charge in [-0.15, -0.1) is 0 Å². The highest BCUT2D eigenvalue weighted by Gasteiger charge is 2.26. The van der Waals surface area contributed by atoms with Crippen LogP contribution in [-0.4, -0.2) is 12.3 Å². The third-order valence-corrected chi connectivity index (χ3v) is 4.25. The minimum atomic E-state index is -0.513. The number of nitrogens with one attached hydrogen (secondary N) is 2. The molecular formula is C20H17ClN2O2. The van der Waals surface area contributed by atoms with Crippen LogP contribution in [-0.2, 0) is 4.79 Å². The molecule has 2 N–H and O–H groups in total. The number of hydrogen-bond acceptors (Lipinski definition) is 2. The molecule has 5 heteroatoms. The Labute approximate surface area is 151 Å². The maximum Gasteiger partial charge on any atom is 0.320 e. The summed E-state index contributed by atoms with van der Waals surface area (Å²) in [6.45, 7) is 2.02. The van der Waals surface area contributed by atoms with Gasteiger partial charge in [-0.2, -0.15) is 0 Å². The molecule has 0 saturated heterocycles. The summed E-state index contributed by atoms with van der Waals surface area (Å²) in [4.78, 5) is 23.7. The lowest BCUT2D eigenvalue weighted by molar-refractivity contribution is -0.105. The molecular weight excluding hydrogens is 336 g/mol. The molecule has 2 aromatic rings. The van der Waals surface area contributed by atoms with Crippen LogP contribution in [0.2, 0.25) is 5.02 Å². The molecule has 0 aromatic heterocycles. The van der Waals surface area contributed by atoms with E-state index in [4.69, 9.17) is 11.6 Å². The number of aldehydes is 1. The van der Waals surface area contributed by atoms with Gasteiger partial charge in [0.1, 0.15) is 0 Å². The number of halogens is 1. The van der Waals surface area contributed by atoms with Crippen molar-refractivity contribution in [2.45, 2.75) is 13.0 Å². The molecule has 1 aliphatic rings. The molecule has 0 fully saturated rings. The number of urea groups is 1. The zero-order valence-corrected chi connectivity index (χ0v) is 14.4. The molecule has 0 spiro atoms. The first-order chi connectivity index (χ1) is 12.1. The van der Waals surface area contributed by atoms with Crippen molar-refractivity contribution in [1.29, 1.82) is 0 Å². The van der Waals surface area contributed by atoms with Crippen LogP contribution < -0.4 is 10.6 Å². The largest absolute Gasteiger partial charge is 0.327 e. The van der Waals surface area contributed by atoms with E-state index in [0.29, 0.717) is 16.3 Å². The van der Waals surface area contributed by atoms with Gasteiger partial charge in [-0.1, -0.05) is 59.6 Å². The van der Waals surface area contributed by atoms with Crippen molar-refractivity contribution < 1.29 is 9.59 Å². The number of rotatable bonds is 4. The number of carbonyl (C=O) groups excluding carboxylic acids is 2. The highest BCUT2D eigenvalue weighted by atomic mass is 35.5. The van der Waals surface area contributed by atoms with Gasteiger partial charge in [0.25, 0.3) is 0 Å². The molecule has 2 amide bonds. The van der Waals surface area contributed by atoms with Crippen LogP contribution in [0, 0.1) is 6.92 Å². The van der Waals surface area contributed by atoms with Crippen LogP contribution in [0.15, 0.2) is 65.9 Å². The van der Waals surface area contributed by atoms with Gasteiger partial charge in [0.15, 0.2) is 6.29 Å².